The van der Waals surface area contributed by atoms with Crippen LogP contribution < -0.4 is 4.72 Å². The number of hydrogen-bond acceptors (Lipinski definition) is 5. The summed E-state index contributed by atoms with van der Waals surface area (Å²) in [6.07, 6.45) is 1.37. The maximum Gasteiger partial charge on any atom is 0.263 e. The van der Waals surface area contributed by atoms with Crippen molar-refractivity contribution in [1.82, 2.24) is 9.97 Å². The van der Waals surface area contributed by atoms with Gasteiger partial charge in [0.25, 0.3) is 10.0 Å². The molecule has 2 aromatic carbocycles. The molecule has 0 spiro atoms. The molecule has 0 saturated carbocycles. The Morgan fingerprint density at radius 1 is 0.962 bits per heavy atom. The number of nitrogens with zero attached hydrogens (tertiary/aromatic N) is 2. The van der Waals surface area contributed by atoms with E-state index in [0.717, 1.165) is 20.4 Å². The summed E-state index contributed by atoms with van der Waals surface area (Å²) >= 11 is 4.76. The average molecular weight is 446 g/mol. The van der Waals surface area contributed by atoms with Crippen LogP contribution in [-0.2, 0) is 10.0 Å². The molecule has 5 nitrogen and oxygen atoms in total. The van der Waals surface area contributed by atoms with Crippen LogP contribution in [0, 0.1) is 0 Å². The Morgan fingerprint density at radius 3 is 2.42 bits per heavy atom. The normalized spacial score (nSPS) is 11.6. The molecular weight excluding hydrogens is 434 g/mol. The van der Waals surface area contributed by atoms with Crippen molar-refractivity contribution in [3.8, 4) is 11.1 Å². The molecule has 0 radical (unpaired) electrons. The van der Waals surface area contributed by atoms with E-state index in [4.69, 9.17) is 0 Å². The topological polar surface area (TPSA) is 72.0 Å². The molecule has 1 N–H and O–H groups in total. The van der Waals surface area contributed by atoms with Crippen molar-refractivity contribution in [3.63, 3.8) is 0 Å². The molecule has 0 bridgehead atoms. The molecule has 8 heteroatoms. The number of aromatic nitrogens is 2. The first-order chi connectivity index (χ1) is 12.5. The minimum Gasteiger partial charge on any atom is -0.263 e. The lowest BCUT2D eigenvalue weighted by molar-refractivity contribution is 0.601. The Kier molecular flexibility index (Phi) is 4.47. The summed E-state index contributed by atoms with van der Waals surface area (Å²) in [6.45, 7) is 0. The van der Waals surface area contributed by atoms with Crippen LogP contribution in [0.25, 0.3) is 21.3 Å². The lowest BCUT2D eigenvalue weighted by Crippen LogP contribution is -2.14. The Bertz CT molecular complexity index is 1170. The lowest BCUT2D eigenvalue weighted by atomic mass is 10.1. The van der Waals surface area contributed by atoms with E-state index in [9.17, 15) is 8.42 Å². The predicted molar refractivity (Wildman–Crippen MR) is 108 cm³/mol. The molecule has 26 heavy (non-hydrogen) atoms. The Balaban J connectivity index is 1.82. The van der Waals surface area contributed by atoms with Gasteiger partial charge in [0.15, 0.2) is 5.82 Å². The van der Waals surface area contributed by atoms with Crippen molar-refractivity contribution in [2.75, 3.05) is 4.72 Å². The van der Waals surface area contributed by atoms with E-state index in [1.807, 2.05) is 35.7 Å². The zero-order valence-electron chi connectivity index (χ0n) is 13.3. The lowest BCUT2D eigenvalue weighted by Gasteiger charge is -2.09. The van der Waals surface area contributed by atoms with Gasteiger partial charge in [0.05, 0.1) is 10.3 Å². The molecule has 130 valence electrons. The molecule has 0 atom stereocenters. The Hall–Kier alpha value is -2.29. The number of rotatable bonds is 4. The van der Waals surface area contributed by atoms with E-state index in [0.29, 0.717) is 5.39 Å². The van der Waals surface area contributed by atoms with Gasteiger partial charge in [-0.05, 0) is 29.8 Å². The van der Waals surface area contributed by atoms with Gasteiger partial charge in [0.1, 0.15) is 11.2 Å². The molecule has 0 aliphatic carbocycles. The summed E-state index contributed by atoms with van der Waals surface area (Å²) in [5, 5.41) is 2.66. The second kappa shape index (κ2) is 6.79. The first-order valence-electron chi connectivity index (χ1n) is 7.60. The highest BCUT2D eigenvalue weighted by Crippen LogP contribution is 2.37. The molecule has 0 amide bonds. The Labute approximate surface area is 162 Å². The Morgan fingerprint density at radius 2 is 1.69 bits per heavy atom. The van der Waals surface area contributed by atoms with E-state index in [1.165, 1.54) is 29.8 Å². The van der Waals surface area contributed by atoms with E-state index >= 15 is 0 Å². The summed E-state index contributed by atoms with van der Waals surface area (Å²) in [7, 11) is -3.75. The number of thiophene rings is 1. The van der Waals surface area contributed by atoms with Gasteiger partial charge >= 0.3 is 0 Å². The van der Waals surface area contributed by atoms with Crippen molar-refractivity contribution < 1.29 is 8.42 Å². The first-order valence-corrected chi connectivity index (χ1v) is 10.8. The van der Waals surface area contributed by atoms with Gasteiger partial charge in [0.2, 0.25) is 0 Å². The number of fused-ring (bicyclic) bond motifs is 1. The molecule has 0 aliphatic rings. The summed E-state index contributed by atoms with van der Waals surface area (Å²) in [4.78, 5) is 9.36. The zero-order valence-corrected chi connectivity index (χ0v) is 16.5. The summed E-state index contributed by atoms with van der Waals surface area (Å²) in [6, 6.07) is 16.2. The van der Waals surface area contributed by atoms with E-state index < -0.39 is 10.0 Å². The second-order valence-corrected chi connectivity index (χ2v) is 8.93. The highest BCUT2D eigenvalue weighted by atomic mass is 79.9. The third kappa shape index (κ3) is 3.23. The first kappa shape index (κ1) is 17.1. The molecule has 0 aliphatic heterocycles. The smallest absolute Gasteiger partial charge is 0.263 e. The van der Waals surface area contributed by atoms with Gasteiger partial charge in [-0.2, -0.15) is 0 Å². The number of anilines is 1. The van der Waals surface area contributed by atoms with Gasteiger partial charge in [-0.15, -0.1) is 11.3 Å². The maximum atomic E-state index is 12.7. The highest BCUT2D eigenvalue weighted by molar-refractivity contribution is 9.10. The van der Waals surface area contributed by atoms with Gasteiger partial charge in [-0.3, -0.25) is 4.72 Å². The molecule has 0 fully saturated rings. The second-order valence-electron chi connectivity index (χ2n) is 5.48. The molecule has 0 saturated heterocycles. The quantitative estimate of drug-likeness (QED) is 0.483. The van der Waals surface area contributed by atoms with Crippen molar-refractivity contribution in [2.24, 2.45) is 0 Å². The third-order valence-corrected chi connectivity index (χ3v) is 6.58. The SMILES string of the molecule is O=S(=O)(Nc1ncnc2scc(-c3ccccc3)c12)c1ccc(Br)cc1. The van der Waals surface area contributed by atoms with Gasteiger partial charge in [-0.25, -0.2) is 18.4 Å². The number of hydrogen-bond donors (Lipinski definition) is 1. The molecule has 4 rings (SSSR count). The van der Waals surface area contributed by atoms with Crippen LogP contribution in [0.3, 0.4) is 0 Å². The predicted octanol–water partition coefficient (Wildman–Crippen LogP) is 4.92. The monoisotopic (exact) mass is 445 g/mol. The number of benzene rings is 2. The van der Waals surface area contributed by atoms with Crippen LogP contribution in [0.5, 0.6) is 0 Å². The van der Waals surface area contributed by atoms with Crippen LogP contribution in [0.2, 0.25) is 0 Å². The van der Waals surface area contributed by atoms with Gasteiger partial charge in [0, 0.05) is 15.4 Å². The van der Waals surface area contributed by atoms with E-state index in [1.54, 1.807) is 12.1 Å². The third-order valence-electron chi connectivity index (χ3n) is 3.81. The highest BCUT2D eigenvalue weighted by Gasteiger charge is 2.19. The van der Waals surface area contributed by atoms with Crippen LogP contribution >= 0.6 is 27.3 Å². The van der Waals surface area contributed by atoms with Crippen LogP contribution in [0.1, 0.15) is 0 Å². The molecule has 4 aromatic rings. The van der Waals surface area contributed by atoms with Crippen molar-refractivity contribution in [1.29, 1.82) is 0 Å². The van der Waals surface area contributed by atoms with Crippen molar-refractivity contribution >= 4 is 53.3 Å². The fraction of sp³-hybridized carbons (Fsp3) is 0. The largest absolute Gasteiger partial charge is 0.263 e. The molecule has 2 heterocycles. The molecule has 2 aromatic heterocycles. The molecule has 0 unspecified atom stereocenters. The molecular formula is C18H12BrN3O2S2. The number of nitrogens with one attached hydrogen (secondary N) is 1. The van der Waals surface area contributed by atoms with Crippen molar-refractivity contribution in [2.45, 2.75) is 4.90 Å². The fourth-order valence-corrected chi connectivity index (χ4v) is 4.78. The van der Waals surface area contributed by atoms with Crippen LogP contribution in [-0.4, -0.2) is 18.4 Å². The minimum atomic E-state index is -3.75. The summed E-state index contributed by atoms with van der Waals surface area (Å²) < 4.78 is 28.9. The summed E-state index contributed by atoms with van der Waals surface area (Å²) in [5.74, 6) is 0.276. The fourth-order valence-electron chi connectivity index (χ4n) is 2.58. The minimum absolute atomic E-state index is 0.170. The number of sulfonamides is 1. The van der Waals surface area contributed by atoms with E-state index in [-0.39, 0.29) is 10.7 Å². The van der Waals surface area contributed by atoms with Crippen LogP contribution in [0.4, 0.5) is 5.82 Å². The maximum absolute atomic E-state index is 12.7. The number of halogens is 1. The average Bonchev–Trinajstić information content (AvgIpc) is 3.08. The van der Waals surface area contributed by atoms with Gasteiger partial charge in [-0.1, -0.05) is 46.3 Å². The van der Waals surface area contributed by atoms with Crippen molar-refractivity contribution in [3.05, 3.63) is 70.8 Å². The van der Waals surface area contributed by atoms with Gasteiger partial charge < -0.3 is 0 Å². The zero-order chi connectivity index (χ0) is 18.1. The standard InChI is InChI=1S/C18H12BrN3O2S2/c19-13-6-8-14(9-7-13)26(23,24)22-17-16-15(12-4-2-1-3-5-12)10-25-18(16)21-11-20-17/h1-11H,(H,20,21,22). The van der Waals surface area contributed by atoms with Crippen LogP contribution in [0.15, 0.2) is 75.7 Å². The van der Waals surface area contributed by atoms with E-state index in [2.05, 4.69) is 30.6 Å². The summed E-state index contributed by atoms with van der Waals surface area (Å²) in [5.41, 5.74) is 1.89.